The quantitative estimate of drug-likeness (QED) is 0.763. The highest BCUT2D eigenvalue weighted by atomic mass is 16.2. The topological polar surface area (TPSA) is 63.1 Å². The number of carbonyl (C=O) groups is 1. The van der Waals surface area contributed by atoms with Gasteiger partial charge in [0.1, 0.15) is 5.69 Å². The van der Waals surface area contributed by atoms with E-state index in [-0.39, 0.29) is 11.9 Å². The van der Waals surface area contributed by atoms with Crippen molar-refractivity contribution in [3.63, 3.8) is 0 Å². The van der Waals surface area contributed by atoms with Crippen LogP contribution in [-0.4, -0.2) is 38.7 Å². The maximum atomic E-state index is 12.9. The normalized spacial score (nSPS) is 23.4. The minimum absolute atomic E-state index is 0.0334. The zero-order valence-corrected chi connectivity index (χ0v) is 15.8. The molecule has 0 radical (unpaired) electrons. The van der Waals surface area contributed by atoms with Gasteiger partial charge in [-0.3, -0.25) is 19.4 Å². The number of amides is 1. The lowest BCUT2D eigenvalue weighted by Gasteiger charge is -2.23. The first-order valence-electron chi connectivity index (χ1n) is 9.69. The van der Waals surface area contributed by atoms with Gasteiger partial charge in [0, 0.05) is 57.1 Å². The van der Waals surface area contributed by atoms with Crippen LogP contribution in [0.2, 0.25) is 0 Å². The van der Waals surface area contributed by atoms with E-state index < -0.39 is 0 Å². The van der Waals surface area contributed by atoms with Crippen molar-refractivity contribution >= 4 is 5.91 Å². The van der Waals surface area contributed by atoms with Gasteiger partial charge in [-0.25, -0.2) is 0 Å². The largest absolute Gasteiger partial charge is 0.344 e. The molecule has 6 heteroatoms. The summed E-state index contributed by atoms with van der Waals surface area (Å²) in [5.41, 5.74) is 4.50. The molecule has 1 aromatic carbocycles. The Balaban J connectivity index is 1.40. The van der Waals surface area contributed by atoms with E-state index in [0.717, 1.165) is 19.6 Å². The number of aryl methyl sites for hydroxylation is 1. The minimum atomic E-state index is -0.0620. The van der Waals surface area contributed by atoms with Gasteiger partial charge in [0.25, 0.3) is 5.91 Å². The van der Waals surface area contributed by atoms with Gasteiger partial charge in [-0.2, -0.15) is 5.10 Å². The van der Waals surface area contributed by atoms with E-state index >= 15 is 0 Å². The van der Waals surface area contributed by atoms with Crippen LogP contribution < -0.4 is 5.32 Å². The molecule has 6 nitrogen and oxygen atoms in total. The fourth-order valence-electron chi connectivity index (χ4n) is 4.81. The smallest absolute Gasteiger partial charge is 0.270 e. The molecule has 1 aliphatic heterocycles. The molecule has 0 bridgehead atoms. The minimum Gasteiger partial charge on any atom is -0.344 e. The second-order valence-electron chi connectivity index (χ2n) is 7.74. The standard InChI is InChI=1S/C22H23N5O/c1-26-20(8-11-24-26)22(28)25-21-17-5-3-2-4-16(17)18-13-27(14-19(18)21)12-15-6-9-23-10-7-15/h2-11,18-19,21H,12-14H2,1H3,(H,25,28)/t18-,19-,21+/m0/s1. The van der Waals surface area contributed by atoms with Crippen molar-refractivity contribution in [3.8, 4) is 0 Å². The summed E-state index contributed by atoms with van der Waals surface area (Å²) >= 11 is 0. The molecular weight excluding hydrogens is 350 g/mol. The molecule has 1 fully saturated rings. The van der Waals surface area contributed by atoms with E-state index in [1.807, 2.05) is 12.4 Å². The van der Waals surface area contributed by atoms with Crippen LogP contribution >= 0.6 is 0 Å². The van der Waals surface area contributed by atoms with E-state index in [4.69, 9.17) is 0 Å². The van der Waals surface area contributed by atoms with Crippen LogP contribution in [-0.2, 0) is 13.6 Å². The van der Waals surface area contributed by atoms with Gasteiger partial charge in [0.2, 0.25) is 0 Å². The summed E-state index contributed by atoms with van der Waals surface area (Å²) in [7, 11) is 1.80. The second kappa shape index (κ2) is 6.87. The van der Waals surface area contributed by atoms with Crippen molar-refractivity contribution in [1.82, 2.24) is 25.0 Å². The van der Waals surface area contributed by atoms with Gasteiger partial charge in [0.05, 0.1) is 6.04 Å². The van der Waals surface area contributed by atoms with Gasteiger partial charge in [-0.1, -0.05) is 24.3 Å². The third-order valence-corrected chi connectivity index (χ3v) is 6.10. The van der Waals surface area contributed by atoms with Crippen LogP contribution in [0.3, 0.4) is 0 Å². The van der Waals surface area contributed by atoms with Crippen molar-refractivity contribution in [3.05, 3.63) is 83.4 Å². The Labute approximate surface area is 164 Å². The maximum Gasteiger partial charge on any atom is 0.270 e. The Morgan fingerprint density at radius 2 is 1.86 bits per heavy atom. The predicted octanol–water partition coefficient (Wildman–Crippen LogP) is 2.52. The highest BCUT2D eigenvalue weighted by Crippen LogP contribution is 2.49. The molecule has 3 aromatic rings. The molecule has 1 amide bonds. The van der Waals surface area contributed by atoms with Crippen LogP contribution in [0, 0.1) is 5.92 Å². The molecule has 3 heterocycles. The van der Waals surface area contributed by atoms with Crippen molar-refractivity contribution in [2.24, 2.45) is 13.0 Å². The molecule has 3 atom stereocenters. The molecule has 1 aliphatic carbocycles. The van der Waals surface area contributed by atoms with Gasteiger partial charge < -0.3 is 5.32 Å². The highest BCUT2D eigenvalue weighted by molar-refractivity contribution is 5.92. The van der Waals surface area contributed by atoms with E-state index in [9.17, 15) is 4.79 Å². The molecule has 0 spiro atoms. The predicted molar refractivity (Wildman–Crippen MR) is 106 cm³/mol. The van der Waals surface area contributed by atoms with Crippen LogP contribution in [0.25, 0.3) is 0 Å². The van der Waals surface area contributed by atoms with E-state index in [2.05, 4.69) is 56.7 Å². The first kappa shape index (κ1) is 17.1. The molecule has 2 aromatic heterocycles. The zero-order valence-electron chi connectivity index (χ0n) is 15.8. The van der Waals surface area contributed by atoms with Gasteiger partial charge in [-0.15, -0.1) is 0 Å². The summed E-state index contributed by atoms with van der Waals surface area (Å²) < 4.78 is 1.62. The number of benzene rings is 1. The molecule has 5 rings (SSSR count). The Hall–Kier alpha value is -2.99. The summed E-state index contributed by atoms with van der Waals surface area (Å²) in [6.45, 7) is 2.90. The Bertz CT molecular complexity index is 999. The maximum absolute atomic E-state index is 12.9. The Morgan fingerprint density at radius 1 is 1.07 bits per heavy atom. The summed E-state index contributed by atoms with van der Waals surface area (Å²) in [5.74, 6) is 0.777. The Kier molecular flexibility index (Phi) is 4.20. The fraction of sp³-hybridized carbons (Fsp3) is 0.318. The van der Waals surface area contributed by atoms with Gasteiger partial charge >= 0.3 is 0 Å². The lowest BCUT2D eigenvalue weighted by Crippen LogP contribution is -2.34. The summed E-state index contributed by atoms with van der Waals surface area (Å²) in [4.78, 5) is 19.5. The number of nitrogens with zero attached hydrogens (tertiary/aromatic N) is 4. The lowest BCUT2D eigenvalue weighted by molar-refractivity contribution is 0.0914. The third-order valence-electron chi connectivity index (χ3n) is 6.10. The van der Waals surface area contributed by atoms with Crippen LogP contribution in [0.5, 0.6) is 0 Å². The second-order valence-corrected chi connectivity index (χ2v) is 7.74. The van der Waals surface area contributed by atoms with Crippen molar-refractivity contribution in [2.45, 2.75) is 18.5 Å². The SMILES string of the molecule is Cn1nccc1C(=O)N[C@@H]1c2ccccc2[C@@H]2CN(Cc3ccncc3)C[C@H]12. The third kappa shape index (κ3) is 2.90. The lowest BCUT2D eigenvalue weighted by atomic mass is 9.94. The van der Waals surface area contributed by atoms with Crippen LogP contribution in [0.4, 0.5) is 0 Å². The zero-order chi connectivity index (χ0) is 19.1. The van der Waals surface area contributed by atoms with Crippen LogP contribution in [0.1, 0.15) is 39.1 Å². The van der Waals surface area contributed by atoms with Gasteiger partial charge in [-0.05, 0) is 34.9 Å². The fourth-order valence-corrected chi connectivity index (χ4v) is 4.81. The van der Waals surface area contributed by atoms with Crippen molar-refractivity contribution in [1.29, 1.82) is 0 Å². The average Bonchev–Trinajstić information content (AvgIpc) is 3.39. The van der Waals surface area contributed by atoms with Gasteiger partial charge in [0.15, 0.2) is 0 Å². The number of pyridine rings is 1. The van der Waals surface area contributed by atoms with Crippen LogP contribution in [0.15, 0.2) is 61.1 Å². The molecular formula is C22H23N5O. The molecule has 1 N–H and O–H groups in total. The summed E-state index contributed by atoms with van der Waals surface area (Å²) in [5, 5.41) is 7.42. The molecule has 28 heavy (non-hydrogen) atoms. The van der Waals surface area contributed by atoms with Crippen molar-refractivity contribution in [2.75, 3.05) is 13.1 Å². The number of fused-ring (bicyclic) bond motifs is 3. The summed E-state index contributed by atoms with van der Waals surface area (Å²) in [6, 6.07) is 14.5. The van der Waals surface area contributed by atoms with E-state index in [1.165, 1.54) is 16.7 Å². The molecule has 1 saturated heterocycles. The monoisotopic (exact) mass is 373 g/mol. The number of hydrogen-bond donors (Lipinski definition) is 1. The average molecular weight is 373 g/mol. The number of rotatable bonds is 4. The first-order valence-corrected chi connectivity index (χ1v) is 9.69. The van der Waals surface area contributed by atoms with E-state index in [0.29, 0.717) is 17.5 Å². The number of hydrogen-bond acceptors (Lipinski definition) is 4. The number of nitrogens with one attached hydrogen (secondary N) is 1. The molecule has 0 unspecified atom stereocenters. The molecule has 2 aliphatic rings. The van der Waals surface area contributed by atoms with Crippen molar-refractivity contribution < 1.29 is 4.79 Å². The molecule has 0 saturated carbocycles. The molecule has 142 valence electrons. The number of likely N-dealkylation sites (tertiary alicyclic amines) is 1. The summed E-state index contributed by atoms with van der Waals surface area (Å²) in [6.07, 6.45) is 5.35. The Morgan fingerprint density at radius 3 is 2.61 bits per heavy atom. The number of carbonyl (C=O) groups excluding carboxylic acids is 1. The first-order chi connectivity index (χ1) is 13.7. The van der Waals surface area contributed by atoms with E-state index in [1.54, 1.807) is 24.0 Å². The number of aromatic nitrogens is 3. The highest BCUT2D eigenvalue weighted by Gasteiger charge is 2.46.